The van der Waals surface area contributed by atoms with Crippen molar-refractivity contribution in [2.45, 2.75) is 117 Å². The van der Waals surface area contributed by atoms with Gasteiger partial charge in [0.15, 0.2) is 5.78 Å². The molecule has 1 heterocycles. The third-order valence-electron chi connectivity index (χ3n) is 10.7. The Labute approximate surface area is 297 Å². The van der Waals surface area contributed by atoms with E-state index in [1.54, 1.807) is 12.1 Å². The van der Waals surface area contributed by atoms with Crippen LogP contribution in [0.5, 0.6) is 0 Å². The van der Waals surface area contributed by atoms with E-state index in [9.17, 15) is 28.8 Å². The third-order valence-corrected chi connectivity index (χ3v) is 10.7. The Morgan fingerprint density at radius 1 is 0.880 bits per heavy atom. The number of carbonyl (C=O) groups excluding carboxylic acids is 6. The van der Waals surface area contributed by atoms with Gasteiger partial charge in [-0.05, 0) is 79.0 Å². The summed E-state index contributed by atoms with van der Waals surface area (Å²) in [5.41, 5.74) is 6.04. The molecule has 0 bridgehead atoms. The van der Waals surface area contributed by atoms with Crippen molar-refractivity contribution in [2.75, 3.05) is 25.5 Å². The topological polar surface area (TPSA) is 171 Å². The smallest absolute Gasteiger partial charge is 0.316 e. The first-order valence-electron chi connectivity index (χ1n) is 18.3. The van der Waals surface area contributed by atoms with Crippen LogP contribution in [0.3, 0.4) is 0 Å². The van der Waals surface area contributed by atoms with Crippen LogP contribution in [0.4, 0.5) is 10.5 Å². The highest BCUT2D eigenvalue weighted by molar-refractivity contribution is 6.37. The summed E-state index contributed by atoms with van der Waals surface area (Å²) in [6.07, 6.45) is 7.38. The Balaban J connectivity index is 1.55. The molecule has 0 aromatic heterocycles. The van der Waals surface area contributed by atoms with Crippen molar-refractivity contribution in [2.24, 2.45) is 34.8 Å². The van der Waals surface area contributed by atoms with Crippen molar-refractivity contribution in [3.8, 4) is 0 Å². The average molecular weight is 695 g/mol. The number of benzene rings is 1. The highest BCUT2D eigenvalue weighted by atomic mass is 16.2. The molecule has 1 aromatic rings. The Bertz CT molecular complexity index is 1410. The van der Waals surface area contributed by atoms with Gasteiger partial charge >= 0.3 is 6.03 Å². The molecule has 4 rings (SSSR count). The van der Waals surface area contributed by atoms with Crippen molar-refractivity contribution < 1.29 is 28.8 Å². The van der Waals surface area contributed by atoms with E-state index in [0.29, 0.717) is 24.9 Å². The summed E-state index contributed by atoms with van der Waals surface area (Å²) >= 11 is 0. The lowest BCUT2D eigenvalue weighted by atomic mass is 9.81. The Kier molecular flexibility index (Phi) is 12.7. The maximum absolute atomic E-state index is 14.4. The Hall–Kier alpha value is -3.96. The zero-order valence-electron chi connectivity index (χ0n) is 30.9. The van der Waals surface area contributed by atoms with E-state index >= 15 is 0 Å². The summed E-state index contributed by atoms with van der Waals surface area (Å²) in [5.74, 6) is -3.01. The van der Waals surface area contributed by atoms with Gasteiger partial charge in [-0.1, -0.05) is 66.7 Å². The highest BCUT2D eigenvalue weighted by Crippen LogP contribution is 2.36. The quantitative estimate of drug-likeness (QED) is 0.169. The van der Waals surface area contributed by atoms with Gasteiger partial charge in [-0.25, -0.2) is 4.79 Å². The summed E-state index contributed by atoms with van der Waals surface area (Å²) in [4.78, 5) is 84.1. The molecular formula is C38H58N6O6. The summed E-state index contributed by atoms with van der Waals surface area (Å²) in [5, 5.41) is 8.64. The monoisotopic (exact) mass is 694 g/mol. The molecule has 12 heteroatoms. The number of nitrogens with two attached hydrogens (primary N) is 1. The van der Waals surface area contributed by atoms with Gasteiger partial charge in [-0.15, -0.1) is 0 Å². The van der Waals surface area contributed by atoms with Gasteiger partial charge in [0.05, 0.1) is 12.1 Å². The van der Waals surface area contributed by atoms with Crippen LogP contribution in [0.1, 0.15) is 103 Å². The first kappa shape index (κ1) is 38.8. The van der Waals surface area contributed by atoms with E-state index in [4.69, 9.17) is 5.73 Å². The zero-order chi connectivity index (χ0) is 36.9. The number of nitrogens with one attached hydrogen (secondary N) is 3. The lowest BCUT2D eigenvalue weighted by molar-refractivity contribution is -0.144. The number of nitrogens with zero attached hydrogens (tertiary/aromatic N) is 2. The lowest BCUT2D eigenvalue weighted by Crippen LogP contribution is -2.62. The zero-order valence-corrected chi connectivity index (χ0v) is 30.9. The van der Waals surface area contributed by atoms with E-state index < -0.39 is 59.1 Å². The minimum absolute atomic E-state index is 0.0375. The molecule has 0 radical (unpaired) electrons. The number of urea groups is 1. The average Bonchev–Trinajstić information content (AvgIpc) is 3.77. The van der Waals surface area contributed by atoms with Crippen molar-refractivity contribution in [3.05, 3.63) is 29.8 Å². The minimum atomic E-state index is -1.10. The molecule has 1 aliphatic heterocycles. The summed E-state index contributed by atoms with van der Waals surface area (Å²) in [6.45, 7) is 9.78. The molecule has 3 aliphatic rings. The molecule has 2 saturated carbocycles. The van der Waals surface area contributed by atoms with E-state index in [0.717, 1.165) is 50.6 Å². The molecule has 5 atom stereocenters. The van der Waals surface area contributed by atoms with Gasteiger partial charge in [0.25, 0.3) is 5.91 Å². The van der Waals surface area contributed by atoms with Crippen molar-refractivity contribution in [1.82, 2.24) is 20.9 Å². The molecule has 5 N–H and O–H groups in total. The maximum Gasteiger partial charge on any atom is 0.316 e. The van der Waals surface area contributed by atoms with Crippen LogP contribution in [0.25, 0.3) is 0 Å². The minimum Gasteiger partial charge on any atom is -0.378 e. The number of amides is 5. The normalized spacial score (nSPS) is 21.6. The number of primary amides is 1. The van der Waals surface area contributed by atoms with Gasteiger partial charge in [-0.3, -0.25) is 24.0 Å². The fourth-order valence-electron chi connectivity index (χ4n) is 7.54. The molecule has 12 nitrogen and oxygen atoms in total. The number of anilines is 1. The van der Waals surface area contributed by atoms with Crippen LogP contribution < -0.4 is 26.6 Å². The fourth-order valence-corrected chi connectivity index (χ4v) is 7.54. The maximum atomic E-state index is 14.4. The predicted octanol–water partition coefficient (Wildman–Crippen LogP) is 3.81. The fraction of sp³-hybridized carbons (Fsp3) is 0.684. The van der Waals surface area contributed by atoms with Crippen LogP contribution in [-0.2, 0) is 19.2 Å². The highest BCUT2D eigenvalue weighted by Gasteiger charge is 2.48. The van der Waals surface area contributed by atoms with Crippen molar-refractivity contribution in [3.63, 3.8) is 0 Å². The van der Waals surface area contributed by atoms with E-state index in [2.05, 4.69) is 16.0 Å². The standard InChI is InChI=1S/C38H58N6O6/c1-22(2)27-19-20-44(30(27)35(48)40-28(21-23-13-14-23)32(46)34(39)47)36(49)33(38(3,4)5)42-37(50)41-29(24-11-9-8-10-12-24)31(45)25-15-17-26(18-16-25)43(6)7/h15-18,22-24,27-30,33H,8-14,19-21H2,1-7H3,(H2,39,47)(H,40,48)(H2,41,42,50)/t27?,28?,29-,30-,33+/m0/s1. The second-order valence-corrected chi connectivity index (χ2v) is 16.2. The molecule has 2 aliphatic carbocycles. The number of Topliss-reactive ketones (excluding diaryl/α,β-unsaturated/α-hetero) is 2. The van der Waals surface area contributed by atoms with Crippen molar-refractivity contribution in [1.29, 1.82) is 0 Å². The number of carbonyl (C=O) groups is 6. The van der Waals surface area contributed by atoms with Crippen LogP contribution in [0.2, 0.25) is 0 Å². The number of likely N-dealkylation sites (tertiary alicyclic amines) is 1. The molecule has 276 valence electrons. The van der Waals surface area contributed by atoms with Crippen LogP contribution in [0, 0.1) is 29.1 Å². The van der Waals surface area contributed by atoms with Gasteiger partial charge in [0.1, 0.15) is 12.1 Å². The number of ketones is 2. The van der Waals surface area contributed by atoms with Crippen LogP contribution in [-0.4, -0.2) is 85.0 Å². The lowest BCUT2D eigenvalue weighted by Gasteiger charge is -2.37. The first-order chi connectivity index (χ1) is 23.5. The molecule has 2 unspecified atom stereocenters. The number of hydrogen-bond acceptors (Lipinski definition) is 7. The predicted molar refractivity (Wildman–Crippen MR) is 192 cm³/mol. The van der Waals surface area contributed by atoms with Crippen LogP contribution in [0.15, 0.2) is 24.3 Å². The Morgan fingerprint density at radius 2 is 1.50 bits per heavy atom. The molecule has 1 saturated heterocycles. The first-order valence-corrected chi connectivity index (χ1v) is 18.3. The Morgan fingerprint density at radius 3 is 2.02 bits per heavy atom. The molecule has 0 spiro atoms. The van der Waals surface area contributed by atoms with Gasteiger partial charge in [-0.2, -0.15) is 0 Å². The summed E-state index contributed by atoms with van der Waals surface area (Å²) < 4.78 is 0. The summed E-state index contributed by atoms with van der Waals surface area (Å²) in [6, 6.07) is 2.96. The van der Waals surface area contributed by atoms with E-state index in [1.807, 2.05) is 65.7 Å². The van der Waals surface area contributed by atoms with E-state index in [1.165, 1.54) is 4.90 Å². The van der Waals surface area contributed by atoms with Gasteiger partial charge in [0, 0.05) is 31.9 Å². The molecule has 50 heavy (non-hydrogen) atoms. The molecule has 5 amide bonds. The third kappa shape index (κ3) is 9.63. The van der Waals surface area contributed by atoms with Crippen molar-refractivity contribution >= 4 is 41.0 Å². The van der Waals surface area contributed by atoms with E-state index in [-0.39, 0.29) is 29.5 Å². The number of hydrogen-bond donors (Lipinski definition) is 4. The van der Waals surface area contributed by atoms with Gasteiger partial charge < -0.3 is 31.5 Å². The summed E-state index contributed by atoms with van der Waals surface area (Å²) in [7, 11) is 3.86. The largest absolute Gasteiger partial charge is 0.378 e. The van der Waals surface area contributed by atoms with Crippen LogP contribution >= 0.6 is 0 Å². The second-order valence-electron chi connectivity index (χ2n) is 16.2. The molecule has 1 aromatic carbocycles. The molecule has 3 fully saturated rings. The number of rotatable bonds is 14. The SMILES string of the molecule is CC(C)C1CCN(C(=O)[C@@H](NC(=O)N[C@H](C(=O)c2ccc(N(C)C)cc2)C2CCCCC2)C(C)(C)C)[C@@H]1C(=O)NC(CC1CC1)C(=O)C(N)=O. The molecular weight excluding hydrogens is 636 g/mol. The second kappa shape index (κ2) is 16.4. The van der Waals surface area contributed by atoms with Gasteiger partial charge in [0.2, 0.25) is 17.6 Å².